The Bertz CT molecular complexity index is 1090. The molecule has 4 rings (SSSR count). The number of carbonyl (C=O) groups excluding carboxylic acids is 4. The number of likely N-dealkylation sites (tertiary alicyclic amines) is 2. The van der Waals surface area contributed by atoms with Crippen LogP contribution >= 0.6 is 34.8 Å². The first-order chi connectivity index (χ1) is 23.8. The van der Waals surface area contributed by atoms with Crippen LogP contribution in [0.15, 0.2) is 0 Å². The lowest BCUT2D eigenvalue weighted by atomic mass is 9.89. The number of alkyl halides is 2. The number of piperidine rings is 2. The van der Waals surface area contributed by atoms with Gasteiger partial charge in [0.25, 0.3) is 0 Å². The van der Waals surface area contributed by atoms with Crippen molar-refractivity contribution in [2.75, 3.05) is 37.9 Å². The molecule has 3 N–H and O–H groups in total. The first kappa shape index (κ1) is 45.6. The lowest BCUT2D eigenvalue weighted by molar-refractivity contribution is -0.139. The number of hydrogen-bond acceptors (Lipinski definition) is 9. The van der Waals surface area contributed by atoms with Crippen molar-refractivity contribution in [2.24, 2.45) is 0 Å². The maximum absolute atomic E-state index is 12.4. The third-order valence-electron chi connectivity index (χ3n) is 9.39. The molecule has 296 valence electrons. The van der Waals surface area contributed by atoms with Crippen molar-refractivity contribution >= 4 is 58.1 Å². The van der Waals surface area contributed by atoms with Gasteiger partial charge >= 0.3 is 12.2 Å². The summed E-state index contributed by atoms with van der Waals surface area (Å²) in [6, 6.07) is 0.499. The number of aliphatic hydroxyl groups is 2. The third kappa shape index (κ3) is 17.0. The van der Waals surface area contributed by atoms with E-state index in [-0.39, 0.29) is 54.1 Å². The first-order valence-electron chi connectivity index (χ1n) is 18.5. The Kier molecular flexibility index (Phi) is 19.6. The zero-order valence-electron chi connectivity index (χ0n) is 31.5. The van der Waals surface area contributed by atoms with Crippen molar-refractivity contribution in [3.63, 3.8) is 0 Å². The highest BCUT2D eigenvalue weighted by Gasteiger charge is 2.38. The smallest absolute Gasteiger partial charge is 0.410 e. The summed E-state index contributed by atoms with van der Waals surface area (Å²) in [5.74, 6) is -0.291. The van der Waals surface area contributed by atoms with E-state index in [9.17, 15) is 29.4 Å². The molecule has 2 heterocycles. The van der Waals surface area contributed by atoms with E-state index in [2.05, 4.69) is 5.32 Å². The van der Waals surface area contributed by atoms with Gasteiger partial charge in [-0.1, -0.05) is 25.7 Å². The van der Waals surface area contributed by atoms with Crippen LogP contribution in [0.1, 0.15) is 119 Å². The summed E-state index contributed by atoms with van der Waals surface area (Å²) >= 11 is 15.4. The Hall–Kier alpha value is -1.57. The van der Waals surface area contributed by atoms with Crippen LogP contribution in [0.4, 0.5) is 9.59 Å². The second-order valence-electron chi connectivity index (χ2n) is 15.9. The molecule has 0 radical (unpaired) electrons. The van der Waals surface area contributed by atoms with E-state index in [4.69, 9.17) is 44.3 Å². The number of ether oxygens (including phenoxy) is 2. The zero-order chi connectivity index (χ0) is 38.4. The molecule has 0 unspecified atom stereocenters. The van der Waals surface area contributed by atoms with Gasteiger partial charge in [0.1, 0.15) is 17.1 Å². The van der Waals surface area contributed by atoms with E-state index in [0.29, 0.717) is 32.0 Å². The van der Waals surface area contributed by atoms with Crippen LogP contribution in [0.2, 0.25) is 0 Å². The van der Waals surface area contributed by atoms with Gasteiger partial charge in [0.15, 0.2) is 0 Å². The molecule has 0 spiro atoms. The summed E-state index contributed by atoms with van der Waals surface area (Å²) in [4.78, 5) is 51.4. The zero-order valence-corrected chi connectivity index (χ0v) is 33.8. The summed E-state index contributed by atoms with van der Waals surface area (Å²) in [5, 5.41) is 23.5. The molecule has 2 saturated heterocycles. The highest BCUT2D eigenvalue weighted by atomic mass is 35.5. The van der Waals surface area contributed by atoms with Crippen LogP contribution in [0.5, 0.6) is 0 Å². The third-order valence-corrected chi connectivity index (χ3v) is 10.1. The molecule has 0 aromatic carbocycles. The van der Waals surface area contributed by atoms with E-state index >= 15 is 0 Å². The molecular formula is C36H63Cl3N4O8. The SMILES string of the molecule is CC(C)(C)OC(=O)N1CCC(N(C(=O)CCl)[C@H]2CCCC[C@@H]2O)CC1.CC(C)(C)OC(=O)N1CCC(N[C@H]2CCCC[C@@H]2O)CC1.O=C(Cl)CCl. The van der Waals surface area contributed by atoms with Crippen LogP contribution in [0.25, 0.3) is 0 Å². The number of nitrogens with one attached hydrogen (secondary N) is 1. The average molecular weight is 786 g/mol. The minimum absolute atomic E-state index is 0.0164. The summed E-state index contributed by atoms with van der Waals surface area (Å²) in [7, 11) is 0. The molecule has 4 fully saturated rings. The highest BCUT2D eigenvalue weighted by Crippen LogP contribution is 2.29. The van der Waals surface area contributed by atoms with Crippen LogP contribution in [-0.4, -0.2) is 134 Å². The van der Waals surface area contributed by atoms with E-state index < -0.39 is 22.5 Å². The minimum Gasteiger partial charge on any atom is -0.444 e. The highest BCUT2D eigenvalue weighted by molar-refractivity contribution is 6.67. The molecule has 15 heteroatoms. The average Bonchev–Trinajstić information content (AvgIpc) is 3.06. The molecule has 2 saturated carbocycles. The Morgan fingerprint density at radius 1 is 0.686 bits per heavy atom. The number of rotatable bonds is 6. The molecule has 0 aromatic rings. The van der Waals surface area contributed by atoms with Crippen molar-refractivity contribution in [2.45, 2.75) is 166 Å². The second kappa shape index (κ2) is 22.0. The normalized spacial score (nSPS) is 25.0. The van der Waals surface area contributed by atoms with Crippen LogP contribution in [0, 0.1) is 0 Å². The Morgan fingerprint density at radius 2 is 1.12 bits per heavy atom. The molecular weight excluding hydrogens is 723 g/mol. The molecule has 0 aromatic heterocycles. The Morgan fingerprint density at radius 3 is 1.53 bits per heavy atom. The largest absolute Gasteiger partial charge is 0.444 e. The van der Waals surface area contributed by atoms with Crippen molar-refractivity contribution in [1.29, 1.82) is 0 Å². The van der Waals surface area contributed by atoms with Gasteiger partial charge in [0.05, 0.1) is 24.1 Å². The van der Waals surface area contributed by atoms with E-state index in [1.807, 2.05) is 46.4 Å². The number of carbonyl (C=O) groups is 4. The standard InChI is InChI=1S/C18H31ClN2O4.C16H30N2O3.C2H2Cl2O/c1-18(2,3)25-17(24)20-10-8-13(9-11-20)21(16(23)12-19)14-6-4-5-7-15(14)22;1-16(2,3)21-15(20)18-10-8-12(9-11-18)17-13-6-4-5-7-14(13)19;3-1-2(4)5/h13-15,22H,4-12H2,1-3H3;12-14,17,19H,4-11H2,1-3H3;1H2/t14-,15-;13-,14-;/m00./s1. The summed E-state index contributed by atoms with van der Waals surface area (Å²) < 4.78 is 10.8. The van der Waals surface area contributed by atoms with Crippen molar-refractivity contribution in [1.82, 2.24) is 20.0 Å². The maximum Gasteiger partial charge on any atom is 0.410 e. The molecule has 2 aliphatic carbocycles. The number of aliphatic hydroxyl groups excluding tert-OH is 2. The number of nitrogens with zero attached hydrogens (tertiary/aromatic N) is 3. The summed E-state index contributed by atoms with van der Waals surface area (Å²) in [5.41, 5.74) is -0.945. The van der Waals surface area contributed by atoms with E-state index in [0.717, 1.165) is 70.9 Å². The molecule has 12 nitrogen and oxygen atoms in total. The maximum atomic E-state index is 12.4. The summed E-state index contributed by atoms with van der Waals surface area (Å²) in [6.45, 7) is 13.8. The van der Waals surface area contributed by atoms with Gasteiger partial charge in [-0.2, -0.15) is 0 Å². The lowest BCUT2D eigenvalue weighted by Gasteiger charge is -2.45. The van der Waals surface area contributed by atoms with Crippen LogP contribution in [-0.2, 0) is 19.1 Å². The molecule has 51 heavy (non-hydrogen) atoms. The van der Waals surface area contributed by atoms with Gasteiger partial charge in [-0.25, -0.2) is 9.59 Å². The van der Waals surface area contributed by atoms with Gasteiger partial charge in [0.2, 0.25) is 11.1 Å². The van der Waals surface area contributed by atoms with Crippen molar-refractivity contribution in [3.05, 3.63) is 0 Å². The predicted octanol–water partition coefficient (Wildman–Crippen LogP) is 6.03. The fourth-order valence-corrected chi connectivity index (χ4v) is 7.10. The van der Waals surface area contributed by atoms with Gasteiger partial charge in [-0.15, -0.1) is 23.2 Å². The van der Waals surface area contributed by atoms with Gasteiger partial charge in [-0.05, 0) is 105 Å². The molecule has 4 aliphatic rings. The fraction of sp³-hybridized carbons (Fsp3) is 0.889. The van der Waals surface area contributed by atoms with Crippen LogP contribution in [0.3, 0.4) is 0 Å². The second-order valence-corrected chi connectivity index (χ2v) is 16.9. The number of amides is 3. The van der Waals surface area contributed by atoms with Gasteiger partial charge in [0, 0.05) is 44.3 Å². The van der Waals surface area contributed by atoms with E-state index in [1.165, 1.54) is 6.42 Å². The molecule has 4 atom stereocenters. The van der Waals surface area contributed by atoms with Crippen molar-refractivity contribution < 1.29 is 38.9 Å². The molecule has 0 bridgehead atoms. The van der Waals surface area contributed by atoms with Gasteiger partial charge in [-0.3, -0.25) is 9.59 Å². The summed E-state index contributed by atoms with van der Waals surface area (Å²) in [6.07, 6.45) is 9.90. The van der Waals surface area contributed by atoms with Crippen LogP contribution < -0.4 is 5.32 Å². The van der Waals surface area contributed by atoms with Crippen molar-refractivity contribution in [3.8, 4) is 0 Å². The molecule has 2 aliphatic heterocycles. The lowest BCUT2D eigenvalue weighted by Crippen LogP contribution is -2.57. The number of hydrogen-bond donors (Lipinski definition) is 3. The fourth-order valence-electron chi connectivity index (χ4n) is 6.96. The quantitative estimate of drug-likeness (QED) is 0.217. The van der Waals surface area contributed by atoms with E-state index in [1.54, 1.807) is 9.80 Å². The predicted molar refractivity (Wildman–Crippen MR) is 200 cm³/mol. The first-order valence-corrected chi connectivity index (χ1v) is 20.0. The monoisotopic (exact) mass is 784 g/mol. The number of halogens is 3. The molecule has 3 amide bonds. The topological polar surface area (TPSA) is 149 Å². The Labute approximate surface area is 320 Å². The minimum atomic E-state index is -0.513. The Balaban J connectivity index is 0.000000316. The van der Waals surface area contributed by atoms with Gasteiger partial charge < -0.3 is 39.7 Å².